The number of aliphatic imine (C=N–C) groups is 1. The number of ether oxygens (including phenoxy) is 2. The highest BCUT2D eigenvalue weighted by molar-refractivity contribution is 5.79. The Labute approximate surface area is 111 Å². The maximum absolute atomic E-state index is 5.81. The summed E-state index contributed by atoms with van der Waals surface area (Å²) in [5.41, 5.74) is 0. The number of nitrogens with zero attached hydrogens (tertiary/aromatic N) is 3. The predicted octanol–water partition coefficient (Wildman–Crippen LogP) is 1.05. The Hall–Kier alpha value is -0.810. The summed E-state index contributed by atoms with van der Waals surface area (Å²) in [6.07, 6.45) is 3.43. The van der Waals surface area contributed by atoms with Gasteiger partial charge in [0.1, 0.15) is 0 Å². The number of rotatable bonds is 5. The molecule has 0 unspecified atom stereocenters. The highest BCUT2D eigenvalue weighted by Crippen LogP contribution is 2.10. The van der Waals surface area contributed by atoms with Crippen LogP contribution < -0.4 is 0 Å². The average molecular weight is 257 g/mol. The zero-order valence-electron chi connectivity index (χ0n) is 12.2. The summed E-state index contributed by atoms with van der Waals surface area (Å²) in [7, 11) is 8.05. The van der Waals surface area contributed by atoms with Crippen molar-refractivity contribution in [3.8, 4) is 0 Å². The molecule has 0 saturated carbocycles. The first-order valence-corrected chi connectivity index (χ1v) is 6.69. The summed E-state index contributed by atoms with van der Waals surface area (Å²) in [5, 5.41) is 0. The molecule has 1 heterocycles. The molecule has 0 spiro atoms. The largest absolute Gasteiger partial charge is 0.381 e. The maximum Gasteiger partial charge on any atom is 0.195 e. The van der Waals surface area contributed by atoms with Gasteiger partial charge in [-0.05, 0) is 19.3 Å². The maximum atomic E-state index is 5.81. The Balaban J connectivity index is 2.14. The van der Waals surface area contributed by atoms with E-state index in [0.717, 1.165) is 51.6 Å². The first-order chi connectivity index (χ1) is 8.61. The second-order valence-electron chi connectivity index (χ2n) is 5.01. The van der Waals surface area contributed by atoms with Gasteiger partial charge in [-0.15, -0.1) is 0 Å². The van der Waals surface area contributed by atoms with Crippen molar-refractivity contribution in [2.45, 2.75) is 25.4 Å². The summed E-state index contributed by atoms with van der Waals surface area (Å²) in [6, 6.07) is 0. The van der Waals surface area contributed by atoms with Crippen molar-refractivity contribution in [3.63, 3.8) is 0 Å². The van der Waals surface area contributed by atoms with Gasteiger partial charge in [0.25, 0.3) is 0 Å². The predicted molar refractivity (Wildman–Crippen MR) is 74.1 cm³/mol. The van der Waals surface area contributed by atoms with Crippen LogP contribution in [-0.4, -0.2) is 76.4 Å². The van der Waals surface area contributed by atoms with Crippen molar-refractivity contribution < 1.29 is 9.47 Å². The zero-order valence-corrected chi connectivity index (χ0v) is 12.2. The van der Waals surface area contributed by atoms with Crippen molar-refractivity contribution in [2.24, 2.45) is 4.99 Å². The van der Waals surface area contributed by atoms with E-state index in [9.17, 15) is 0 Å². The van der Waals surface area contributed by atoms with Gasteiger partial charge in [0.05, 0.1) is 6.10 Å². The van der Waals surface area contributed by atoms with E-state index in [1.165, 1.54) is 0 Å². The first-order valence-electron chi connectivity index (χ1n) is 6.69. The van der Waals surface area contributed by atoms with E-state index in [4.69, 9.17) is 9.47 Å². The van der Waals surface area contributed by atoms with Crippen LogP contribution in [-0.2, 0) is 9.47 Å². The molecule has 1 aliphatic rings. The third-order valence-electron chi connectivity index (χ3n) is 2.88. The van der Waals surface area contributed by atoms with Crippen molar-refractivity contribution in [1.29, 1.82) is 0 Å². The van der Waals surface area contributed by atoms with Crippen molar-refractivity contribution >= 4 is 5.96 Å². The smallest absolute Gasteiger partial charge is 0.195 e. The van der Waals surface area contributed by atoms with Crippen LogP contribution in [0, 0.1) is 0 Å². The fourth-order valence-corrected chi connectivity index (χ4v) is 2.02. The molecular formula is C13H27N3O2. The lowest BCUT2D eigenvalue weighted by atomic mass is 10.1. The fraction of sp³-hybridized carbons (Fsp3) is 0.923. The van der Waals surface area contributed by atoms with Gasteiger partial charge in [-0.25, -0.2) is 0 Å². The van der Waals surface area contributed by atoms with Crippen LogP contribution in [0.4, 0.5) is 0 Å². The van der Waals surface area contributed by atoms with Gasteiger partial charge in [0.15, 0.2) is 5.96 Å². The second kappa shape index (κ2) is 8.32. The van der Waals surface area contributed by atoms with E-state index in [1.54, 1.807) is 0 Å². The Morgan fingerprint density at radius 3 is 2.33 bits per heavy atom. The average Bonchev–Trinajstić information content (AvgIpc) is 2.34. The second-order valence-corrected chi connectivity index (χ2v) is 5.01. The standard InChI is InChI=1S/C13H27N3O2/c1-15(2)13(16(3)4)14-8-5-9-18-12-6-10-17-11-7-12/h12H,5-11H2,1-4H3. The minimum Gasteiger partial charge on any atom is -0.381 e. The molecule has 0 N–H and O–H groups in total. The SMILES string of the molecule is CN(C)C(=NCCCOC1CCOCC1)N(C)C. The van der Waals surface area contributed by atoms with Crippen molar-refractivity contribution in [3.05, 3.63) is 0 Å². The molecule has 1 fully saturated rings. The van der Waals surface area contributed by atoms with Gasteiger partial charge in [-0.1, -0.05) is 0 Å². The van der Waals surface area contributed by atoms with Crippen molar-refractivity contribution in [2.75, 3.05) is 54.6 Å². The summed E-state index contributed by atoms with van der Waals surface area (Å²) >= 11 is 0. The van der Waals surface area contributed by atoms with Crippen LogP contribution >= 0.6 is 0 Å². The van der Waals surface area contributed by atoms with E-state index in [-0.39, 0.29) is 0 Å². The van der Waals surface area contributed by atoms with Gasteiger partial charge in [0, 0.05) is 54.6 Å². The Kier molecular flexibility index (Phi) is 7.05. The lowest BCUT2D eigenvalue weighted by Gasteiger charge is -2.23. The molecule has 1 aliphatic heterocycles. The summed E-state index contributed by atoms with van der Waals surface area (Å²) in [5.74, 6) is 1.00. The number of guanidine groups is 1. The molecule has 5 heteroatoms. The highest BCUT2D eigenvalue weighted by atomic mass is 16.5. The van der Waals surface area contributed by atoms with Gasteiger partial charge in [-0.3, -0.25) is 4.99 Å². The monoisotopic (exact) mass is 257 g/mol. The van der Waals surface area contributed by atoms with Gasteiger partial charge in [-0.2, -0.15) is 0 Å². The molecule has 0 aromatic heterocycles. The topological polar surface area (TPSA) is 37.3 Å². The molecule has 0 radical (unpaired) electrons. The Morgan fingerprint density at radius 1 is 1.17 bits per heavy atom. The molecule has 0 amide bonds. The normalized spacial score (nSPS) is 16.4. The van der Waals surface area contributed by atoms with E-state index < -0.39 is 0 Å². The van der Waals surface area contributed by atoms with Gasteiger partial charge >= 0.3 is 0 Å². The quantitative estimate of drug-likeness (QED) is 0.419. The van der Waals surface area contributed by atoms with Crippen LogP contribution in [0.3, 0.4) is 0 Å². The van der Waals surface area contributed by atoms with Gasteiger partial charge < -0.3 is 19.3 Å². The van der Waals surface area contributed by atoms with E-state index in [0.29, 0.717) is 6.10 Å². The minimum atomic E-state index is 0.393. The summed E-state index contributed by atoms with van der Waals surface area (Å²) < 4.78 is 11.1. The lowest BCUT2D eigenvalue weighted by Crippen LogP contribution is -2.35. The molecule has 106 valence electrons. The van der Waals surface area contributed by atoms with Crippen molar-refractivity contribution in [1.82, 2.24) is 9.80 Å². The Bertz CT molecular complexity index is 239. The highest BCUT2D eigenvalue weighted by Gasteiger charge is 2.13. The first kappa shape index (κ1) is 15.2. The fourth-order valence-electron chi connectivity index (χ4n) is 2.02. The van der Waals surface area contributed by atoms with E-state index in [2.05, 4.69) is 4.99 Å². The van der Waals surface area contributed by atoms with Crippen LogP contribution in [0.25, 0.3) is 0 Å². The summed E-state index contributed by atoms with van der Waals surface area (Å²) in [4.78, 5) is 8.62. The molecule has 0 aromatic rings. The molecule has 18 heavy (non-hydrogen) atoms. The van der Waals surface area contributed by atoms with Crippen LogP contribution in [0.2, 0.25) is 0 Å². The molecule has 5 nitrogen and oxygen atoms in total. The third-order valence-corrected chi connectivity index (χ3v) is 2.88. The van der Waals surface area contributed by atoms with E-state index in [1.807, 2.05) is 38.0 Å². The van der Waals surface area contributed by atoms with Crippen LogP contribution in [0.5, 0.6) is 0 Å². The lowest BCUT2D eigenvalue weighted by molar-refractivity contribution is -0.0318. The molecule has 0 atom stereocenters. The number of hydrogen-bond donors (Lipinski definition) is 0. The van der Waals surface area contributed by atoms with Crippen LogP contribution in [0.15, 0.2) is 4.99 Å². The van der Waals surface area contributed by atoms with E-state index >= 15 is 0 Å². The zero-order chi connectivity index (χ0) is 13.4. The summed E-state index contributed by atoms with van der Waals surface area (Å²) in [6.45, 7) is 3.29. The van der Waals surface area contributed by atoms with Crippen LogP contribution in [0.1, 0.15) is 19.3 Å². The molecular weight excluding hydrogens is 230 g/mol. The molecule has 1 saturated heterocycles. The Morgan fingerprint density at radius 2 is 1.78 bits per heavy atom. The molecule has 0 bridgehead atoms. The molecule has 0 aromatic carbocycles. The number of hydrogen-bond acceptors (Lipinski definition) is 3. The van der Waals surface area contributed by atoms with Gasteiger partial charge in [0.2, 0.25) is 0 Å². The minimum absolute atomic E-state index is 0.393. The molecule has 1 rings (SSSR count). The third kappa shape index (κ3) is 5.69. The molecule has 0 aliphatic carbocycles.